The SMILES string of the molecule is COc1ccc(-c2[nH]c3ccccc3c2Sc2cc(OC)c(OC)c(OC)c2)cc1OC(C)C. The number of para-hydroxylation sites is 1. The maximum absolute atomic E-state index is 6.02. The number of ether oxygens (including phenoxy) is 5. The second-order valence-corrected chi connectivity index (χ2v) is 8.95. The largest absolute Gasteiger partial charge is 0.493 e. The Labute approximate surface area is 204 Å². The highest BCUT2D eigenvalue weighted by atomic mass is 32.2. The van der Waals surface area contributed by atoms with Gasteiger partial charge in [-0.15, -0.1) is 0 Å². The van der Waals surface area contributed by atoms with Crippen molar-refractivity contribution in [2.45, 2.75) is 29.7 Å². The van der Waals surface area contributed by atoms with Crippen molar-refractivity contribution in [1.82, 2.24) is 4.98 Å². The molecule has 0 amide bonds. The summed E-state index contributed by atoms with van der Waals surface area (Å²) in [4.78, 5) is 5.65. The quantitative estimate of drug-likeness (QED) is 0.285. The van der Waals surface area contributed by atoms with Gasteiger partial charge in [0.25, 0.3) is 0 Å². The average molecular weight is 480 g/mol. The van der Waals surface area contributed by atoms with Crippen molar-refractivity contribution in [2.24, 2.45) is 0 Å². The summed E-state index contributed by atoms with van der Waals surface area (Å²) in [6.07, 6.45) is 0.0277. The van der Waals surface area contributed by atoms with E-state index in [9.17, 15) is 0 Å². The molecule has 0 spiro atoms. The van der Waals surface area contributed by atoms with Gasteiger partial charge < -0.3 is 28.7 Å². The first-order valence-corrected chi connectivity index (χ1v) is 11.7. The Bertz CT molecular complexity index is 1270. The van der Waals surface area contributed by atoms with Gasteiger partial charge in [0.1, 0.15) is 0 Å². The molecule has 1 aromatic heterocycles. The molecule has 0 radical (unpaired) electrons. The molecule has 0 bridgehead atoms. The van der Waals surface area contributed by atoms with E-state index in [-0.39, 0.29) is 6.10 Å². The highest BCUT2D eigenvalue weighted by Crippen LogP contribution is 2.47. The number of rotatable bonds is 9. The predicted octanol–water partition coefficient (Wildman–Crippen LogP) is 6.81. The molecule has 0 atom stereocenters. The first-order chi connectivity index (χ1) is 16.5. The lowest BCUT2D eigenvalue weighted by atomic mass is 10.1. The van der Waals surface area contributed by atoms with Crippen LogP contribution in [-0.4, -0.2) is 39.5 Å². The molecule has 1 heterocycles. The van der Waals surface area contributed by atoms with Crippen molar-refractivity contribution in [3.05, 3.63) is 54.6 Å². The molecule has 0 aliphatic heterocycles. The molecule has 7 heteroatoms. The summed E-state index contributed by atoms with van der Waals surface area (Å²) in [5.74, 6) is 3.20. The summed E-state index contributed by atoms with van der Waals surface area (Å²) in [6.45, 7) is 4.00. The van der Waals surface area contributed by atoms with Crippen molar-refractivity contribution >= 4 is 22.7 Å². The van der Waals surface area contributed by atoms with E-state index < -0.39 is 0 Å². The van der Waals surface area contributed by atoms with E-state index >= 15 is 0 Å². The van der Waals surface area contributed by atoms with Crippen molar-refractivity contribution in [2.75, 3.05) is 28.4 Å². The van der Waals surface area contributed by atoms with Crippen LogP contribution in [0.1, 0.15) is 13.8 Å². The molecule has 0 aliphatic carbocycles. The van der Waals surface area contributed by atoms with Crippen molar-refractivity contribution in [3.8, 4) is 40.0 Å². The Morgan fingerprint density at radius 2 is 1.41 bits per heavy atom. The number of benzene rings is 3. The van der Waals surface area contributed by atoms with Crippen LogP contribution < -0.4 is 23.7 Å². The fourth-order valence-corrected chi connectivity index (χ4v) is 4.96. The maximum Gasteiger partial charge on any atom is 0.203 e. The van der Waals surface area contributed by atoms with Gasteiger partial charge in [-0.05, 0) is 50.2 Å². The average Bonchev–Trinajstić information content (AvgIpc) is 3.21. The predicted molar refractivity (Wildman–Crippen MR) is 136 cm³/mol. The normalized spacial score (nSPS) is 11.0. The zero-order valence-corrected chi connectivity index (χ0v) is 21.0. The number of hydrogen-bond donors (Lipinski definition) is 1. The molecule has 1 N–H and O–H groups in total. The third-order valence-electron chi connectivity index (χ3n) is 5.33. The molecule has 3 aromatic carbocycles. The van der Waals surface area contributed by atoms with Crippen LogP contribution in [0.3, 0.4) is 0 Å². The number of hydrogen-bond acceptors (Lipinski definition) is 6. The Morgan fingerprint density at radius 3 is 2.03 bits per heavy atom. The molecule has 0 aliphatic rings. The number of fused-ring (bicyclic) bond motifs is 1. The maximum atomic E-state index is 6.02. The van der Waals surface area contributed by atoms with Crippen LogP contribution in [0, 0.1) is 0 Å². The van der Waals surface area contributed by atoms with E-state index in [0.717, 1.165) is 32.0 Å². The second-order valence-electron chi connectivity index (χ2n) is 7.87. The number of nitrogens with one attached hydrogen (secondary N) is 1. The van der Waals surface area contributed by atoms with Crippen LogP contribution in [0.4, 0.5) is 0 Å². The third-order valence-corrected chi connectivity index (χ3v) is 6.43. The highest BCUT2D eigenvalue weighted by Gasteiger charge is 2.19. The van der Waals surface area contributed by atoms with Crippen LogP contribution in [0.15, 0.2) is 64.4 Å². The monoisotopic (exact) mass is 479 g/mol. The van der Waals surface area contributed by atoms with Crippen LogP contribution in [-0.2, 0) is 0 Å². The molecular weight excluding hydrogens is 450 g/mol. The fourth-order valence-electron chi connectivity index (χ4n) is 3.84. The molecule has 0 fully saturated rings. The van der Waals surface area contributed by atoms with Crippen molar-refractivity contribution in [1.29, 1.82) is 0 Å². The van der Waals surface area contributed by atoms with Gasteiger partial charge in [0.15, 0.2) is 23.0 Å². The van der Waals surface area contributed by atoms with Gasteiger partial charge in [-0.3, -0.25) is 0 Å². The van der Waals surface area contributed by atoms with Gasteiger partial charge >= 0.3 is 0 Å². The molecule has 6 nitrogen and oxygen atoms in total. The Hall–Kier alpha value is -3.45. The van der Waals surface area contributed by atoms with Gasteiger partial charge in [0.2, 0.25) is 5.75 Å². The number of aromatic amines is 1. The summed E-state index contributed by atoms with van der Waals surface area (Å²) < 4.78 is 28.2. The van der Waals surface area contributed by atoms with E-state index in [1.165, 1.54) is 0 Å². The summed E-state index contributed by atoms with van der Waals surface area (Å²) in [6, 6.07) is 18.2. The van der Waals surface area contributed by atoms with Crippen LogP contribution in [0.5, 0.6) is 28.7 Å². The third kappa shape index (κ3) is 4.61. The Morgan fingerprint density at radius 1 is 0.735 bits per heavy atom. The first kappa shape index (κ1) is 23.7. The van der Waals surface area contributed by atoms with E-state index in [1.54, 1.807) is 40.2 Å². The molecule has 0 saturated heterocycles. The molecule has 178 valence electrons. The van der Waals surface area contributed by atoms with E-state index in [4.69, 9.17) is 23.7 Å². The standard InChI is InChI=1S/C27H29NO5S/c1-16(2)33-22-13-17(11-12-21(22)29-3)25-27(19-9-7-8-10-20(19)28-25)34-18-14-23(30-4)26(32-6)24(15-18)31-5/h7-16,28H,1-6H3. The molecule has 4 aromatic rings. The summed E-state index contributed by atoms with van der Waals surface area (Å²) >= 11 is 1.63. The summed E-state index contributed by atoms with van der Waals surface area (Å²) in [5, 5.41) is 1.12. The Kier molecular flexibility index (Phi) is 7.12. The molecule has 0 saturated carbocycles. The molecule has 34 heavy (non-hydrogen) atoms. The minimum absolute atomic E-state index is 0.0277. The zero-order chi connectivity index (χ0) is 24.2. The first-order valence-electron chi connectivity index (χ1n) is 10.9. The van der Waals surface area contributed by atoms with Gasteiger partial charge in [0, 0.05) is 26.3 Å². The molecular formula is C27H29NO5S. The lowest BCUT2D eigenvalue weighted by molar-refractivity contribution is 0.230. The lowest BCUT2D eigenvalue weighted by Gasteiger charge is -2.16. The topological polar surface area (TPSA) is 61.9 Å². The summed E-state index contributed by atoms with van der Waals surface area (Å²) in [7, 11) is 6.50. The number of methoxy groups -OCH3 is 4. The summed E-state index contributed by atoms with van der Waals surface area (Å²) in [5.41, 5.74) is 3.05. The van der Waals surface area contributed by atoms with Crippen LogP contribution in [0.25, 0.3) is 22.2 Å². The zero-order valence-electron chi connectivity index (χ0n) is 20.2. The van der Waals surface area contributed by atoms with Crippen LogP contribution in [0.2, 0.25) is 0 Å². The van der Waals surface area contributed by atoms with Gasteiger partial charge in [-0.1, -0.05) is 30.0 Å². The van der Waals surface area contributed by atoms with Gasteiger partial charge in [-0.25, -0.2) is 0 Å². The molecule has 0 unspecified atom stereocenters. The highest BCUT2D eigenvalue weighted by molar-refractivity contribution is 7.99. The molecule has 4 rings (SSSR count). The van der Waals surface area contributed by atoms with E-state index in [2.05, 4.69) is 17.1 Å². The lowest BCUT2D eigenvalue weighted by Crippen LogP contribution is -2.06. The minimum atomic E-state index is 0.0277. The van der Waals surface area contributed by atoms with E-state index in [1.807, 2.05) is 56.3 Å². The second kappa shape index (κ2) is 10.2. The van der Waals surface area contributed by atoms with Crippen molar-refractivity contribution < 1.29 is 23.7 Å². The van der Waals surface area contributed by atoms with Gasteiger partial charge in [-0.2, -0.15) is 0 Å². The van der Waals surface area contributed by atoms with Crippen LogP contribution >= 0.6 is 11.8 Å². The van der Waals surface area contributed by atoms with E-state index in [0.29, 0.717) is 28.7 Å². The number of aromatic nitrogens is 1. The minimum Gasteiger partial charge on any atom is -0.493 e. The van der Waals surface area contributed by atoms with Crippen molar-refractivity contribution in [3.63, 3.8) is 0 Å². The number of H-pyrrole nitrogens is 1. The fraction of sp³-hybridized carbons (Fsp3) is 0.259. The Balaban J connectivity index is 1.86. The van der Waals surface area contributed by atoms with Gasteiger partial charge in [0.05, 0.1) is 40.2 Å². The smallest absolute Gasteiger partial charge is 0.203 e.